The Hall–Kier alpha value is -1.40. The lowest BCUT2D eigenvalue weighted by molar-refractivity contribution is -0.130. The summed E-state index contributed by atoms with van der Waals surface area (Å²) in [7, 11) is 0. The van der Waals surface area contributed by atoms with Crippen molar-refractivity contribution in [1.29, 1.82) is 0 Å². The smallest absolute Gasteiger partial charge is 0.219 e. The lowest BCUT2D eigenvalue weighted by Gasteiger charge is -2.42. The molecule has 138 valence electrons. The Morgan fingerprint density at radius 3 is 2.64 bits per heavy atom. The molecule has 0 unspecified atom stereocenters. The summed E-state index contributed by atoms with van der Waals surface area (Å²) in [6.07, 6.45) is 2.73. The van der Waals surface area contributed by atoms with E-state index < -0.39 is 5.82 Å². The van der Waals surface area contributed by atoms with E-state index >= 15 is 0 Å². The van der Waals surface area contributed by atoms with E-state index in [1.54, 1.807) is 13.0 Å². The highest BCUT2D eigenvalue weighted by Gasteiger charge is 2.29. The van der Waals surface area contributed by atoms with E-state index in [4.69, 9.17) is 23.8 Å². The first-order chi connectivity index (χ1) is 11.8. The van der Waals surface area contributed by atoms with Gasteiger partial charge in [-0.2, -0.15) is 0 Å². The number of halogens is 2. The zero-order chi connectivity index (χ0) is 18.6. The van der Waals surface area contributed by atoms with Crippen molar-refractivity contribution in [2.75, 3.05) is 18.4 Å². The standard InChI is InChI=1S/C18H25ClFN3OS/c1-4-12(2)23(15-7-9-22(10-8-15)13(3)24)18(25)21-14-5-6-17(20)16(19)11-14/h5-6,11-12,15H,4,7-10H2,1-3H3,(H,21,25)/t12-/m0/s1. The number of piperidine rings is 1. The molecular weight excluding hydrogens is 361 g/mol. The second kappa shape index (κ2) is 8.81. The number of amides is 1. The summed E-state index contributed by atoms with van der Waals surface area (Å²) in [5.74, 6) is -0.330. The van der Waals surface area contributed by atoms with Crippen molar-refractivity contribution in [2.24, 2.45) is 0 Å². The summed E-state index contributed by atoms with van der Waals surface area (Å²) in [4.78, 5) is 15.6. The first-order valence-corrected chi connectivity index (χ1v) is 9.42. The van der Waals surface area contributed by atoms with Gasteiger partial charge in [-0.3, -0.25) is 4.79 Å². The van der Waals surface area contributed by atoms with Crippen molar-refractivity contribution >= 4 is 40.5 Å². The Balaban J connectivity index is 2.10. The SMILES string of the molecule is CC[C@H](C)N(C(=S)Nc1ccc(F)c(Cl)c1)C1CCN(C(C)=O)CC1. The van der Waals surface area contributed by atoms with Crippen LogP contribution < -0.4 is 5.32 Å². The molecule has 1 aliphatic rings. The summed E-state index contributed by atoms with van der Waals surface area (Å²) in [6.45, 7) is 7.37. The van der Waals surface area contributed by atoms with Crippen molar-refractivity contribution in [1.82, 2.24) is 9.80 Å². The highest BCUT2D eigenvalue weighted by Crippen LogP contribution is 2.24. The molecular formula is C18H25ClFN3OS. The van der Waals surface area contributed by atoms with Crippen LogP contribution >= 0.6 is 23.8 Å². The minimum Gasteiger partial charge on any atom is -0.343 e. The van der Waals surface area contributed by atoms with E-state index in [0.717, 1.165) is 32.4 Å². The minimum absolute atomic E-state index is 0.0673. The average molecular weight is 386 g/mol. The average Bonchev–Trinajstić information content (AvgIpc) is 2.58. The van der Waals surface area contributed by atoms with Gasteiger partial charge in [0.05, 0.1) is 5.02 Å². The lowest BCUT2D eigenvalue weighted by atomic mass is 10.0. The van der Waals surface area contributed by atoms with E-state index in [0.29, 0.717) is 10.8 Å². The number of hydrogen-bond acceptors (Lipinski definition) is 2. The number of nitrogens with one attached hydrogen (secondary N) is 1. The highest BCUT2D eigenvalue weighted by atomic mass is 35.5. The fraction of sp³-hybridized carbons (Fsp3) is 0.556. The molecule has 1 atom stereocenters. The molecule has 1 aromatic rings. The topological polar surface area (TPSA) is 35.6 Å². The summed E-state index contributed by atoms with van der Waals surface area (Å²) in [5.41, 5.74) is 0.672. The Bertz CT molecular complexity index is 635. The molecule has 0 aliphatic carbocycles. The maximum Gasteiger partial charge on any atom is 0.219 e. The first kappa shape index (κ1) is 19.9. The number of carbonyl (C=O) groups is 1. The number of hydrogen-bond donors (Lipinski definition) is 1. The number of benzene rings is 1. The third-order valence-electron chi connectivity index (χ3n) is 4.77. The van der Waals surface area contributed by atoms with Gasteiger partial charge in [0.2, 0.25) is 5.91 Å². The molecule has 1 aliphatic heterocycles. The van der Waals surface area contributed by atoms with Gasteiger partial charge in [-0.15, -0.1) is 0 Å². The van der Waals surface area contributed by atoms with Gasteiger partial charge in [0.15, 0.2) is 5.11 Å². The second-order valence-corrected chi connectivity index (χ2v) is 7.25. The molecule has 0 spiro atoms. The van der Waals surface area contributed by atoms with E-state index in [1.165, 1.54) is 12.1 Å². The van der Waals surface area contributed by atoms with Crippen LogP contribution in [-0.4, -0.2) is 46.0 Å². The van der Waals surface area contributed by atoms with Gasteiger partial charge in [-0.05, 0) is 56.6 Å². The molecule has 0 bridgehead atoms. The minimum atomic E-state index is -0.450. The molecule has 2 rings (SSSR count). The Morgan fingerprint density at radius 1 is 1.48 bits per heavy atom. The monoisotopic (exact) mass is 385 g/mol. The summed E-state index contributed by atoms with van der Waals surface area (Å²) in [5, 5.41) is 3.86. The molecule has 4 nitrogen and oxygen atoms in total. The van der Waals surface area contributed by atoms with Gasteiger partial charge in [0, 0.05) is 37.8 Å². The van der Waals surface area contributed by atoms with Crippen LogP contribution in [0, 0.1) is 5.82 Å². The molecule has 1 fully saturated rings. The second-order valence-electron chi connectivity index (χ2n) is 6.46. The molecule has 0 aromatic heterocycles. The van der Waals surface area contributed by atoms with Crippen molar-refractivity contribution in [3.63, 3.8) is 0 Å². The summed E-state index contributed by atoms with van der Waals surface area (Å²) < 4.78 is 13.3. The molecule has 1 N–H and O–H groups in total. The zero-order valence-electron chi connectivity index (χ0n) is 14.9. The largest absolute Gasteiger partial charge is 0.343 e. The number of rotatable bonds is 4. The third-order valence-corrected chi connectivity index (χ3v) is 5.38. The van der Waals surface area contributed by atoms with E-state index in [9.17, 15) is 9.18 Å². The van der Waals surface area contributed by atoms with E-state index in [1.807, 2.05) is 4.90 Å². The third kappa shape index (κ3) is 5.05. The quantitative estimate of drug-likeness (QED) is 0.784. The maximum atomic E-state index is 13.3. The van der Waals surface area contributed by atoms with Crippen LogP contribution in [-0.2, 0) is 4.79 Å². The van der Waals surface area contributed by atoms with Crippen LogP contribution in [0.1, 0.15) is 40.0 Å². The number of carbonyl (C=O) groups excluding carboxylic acids is 1. The molecule has 1 aromatic carbocycles. The molecule has 25 heavy (non-hydrogen) atoms. The van der Waals surface area contributed by atoms with Crippen LogP contribution in [0.3, 0.4) is 0 Å². The van der Waals surface area contributed by atoms with Gasteiger partial charge in [0.1, 0.15) is 5.82 Å². The first-order valence-electron chi connectivity index (χ1n) is 8.63. The fourth-order valence-corrected chi connectivity index (χ4v) is 3.77. The normalized spacial score (nSPS) is 16.4. The predicted molar refractivity (Wildman–Crippen MR) is 104 cm³/mol. The number of likely N-dealkylation sites (tertiary alicyclic amines) is 1. The molecule has 1 heterocycles. The molecule has 0 saturated carbocycles. The molecule has 7 heteroatoms. The number of thiocarbonyl (C=S) groups is 1. The van der Waals surface area contributed by atoms with Crippen LogP contribution in [0.15, 0.2) is 18.2 Å². The number of nitrogens with zero attached hydrogens (tertiary/aromatic N) is 2. The van der Waals surface area contributed by atoms with Crippen molar-refractivity contribution in [2.45, 2.75) is 52.1 Å². The van der Waals surface area contributed by atoms with Crippen LogP contribution in [0.25, 0.3) is 0 Å². The van der Waals surface area contributed by atoms with Crippen molar-refractivity contribution < 1.29 is 9.18 Å². The van der Waals surface area contributed by atoms with Gasteiger partial charge >= 0.3 is 0 Å². The van der Waals surface area contributed by atoms with Crippen LogP contribution in [0.2, 0.25) is 5.02 Å². The van der Waals surface area contributed by atoms with Crippen molar-refractivity contribution in [3.05, 3.63) is 29.0 Å². The Labute approximate surface area is 159 Å². The maximum absolute atomic E-state index is 13.3. The summed E-state index contributed by atoms with van der Waals surface area (Å²) >= 11 is 11.5. The van der Waals surface area contributed by atoms with E-state index in [-0.39, 0.29) is 23.0 Å². The van der Waals surface area contributed by atoms with Crippen LogP contribution in [0.4, 0.5) is 10.1 Å². The Morgan fingerprint density at radius 2 is 2.12 bits per heavy atom. The van der Waals surface area contributed by atoms with Gasteiger partial charge in [-0.25, -0.2) is 4.39 Å². The van der Waals surface area contributed by atoms with Crippen molar-refractivity contribution in [3.8, 4) is 0 Å². The number of anilines is 1. The van der Waals surface area contributed by atoms with E-state index in [2.05, 4.69) is 24.1 Å². The summed E-state index contributed by atoms with van der Waals surface area (Å²) in [6, 6.07) is 5.04. The molecule has 1 amide bonds. The zero-order valence-corrected chi connectivity index (χ0v) is 16.5. The van der Waals surface area contributed by atoms with Gasteiger partial charge in [0.25, 0.3) is 0 Å². The lowest BCUT2D eigenvalue weighted by Crippen LogP contribution is -2.52. The van der Waals surface area contributed by atoms with Crippen LogP contribution in [0.5, 0.6) is 0 Å². The highest BCUT2D eigenvalue weighted by molar-refractivity contribution is 7.80. The predicted octanol–water partition coefficient (Wildman–Crippen LogP) is 4.29. The fourth-order valence-electron chi connectivity index (χ4n) is 3.14. The van der Waals surface area contributed by atoms with Gasteiger partial charge in [-0.1, -0.05) is 18.5 Å². The molecule has 1 saturated heterocycles. The Kier molecular flexibility index (Phi) is 7.02. The molecule has 0 radical (unpaired) electrons. The van der Waals surface area contributed by atoms with Gasteiger partial charge < -0.3 is 15.1 Å².